The third-order valence-electron chi connectivity index (χ3n) is 3.59. The van der Waals surface area contributed by atoms with Gasteiger partial charge in [0.25, 0.3) is 0 Å². The number of methoxy groups -OCH3 is 1. The second kappa shape index (κ2) is 5.40. The van der Waals surface area contributed by atoms with Crippen LogP contribution < -0.4 is 4.74 Å². The molecule has 1 heterocycles. The second-order valence-electron chi connectivity index (χ2n) is 4.80. The van der Waals surface area contributed by atoms with Crippen molar-refractivity contribution in [3.05, 3.63) is 29.8 Å². The van der Waals surface area contributed by atoms with Gasteiger partial charge in [0, 0.05) is 13.0 Å². The van der Waals surface area contributed by atoms with Gasteiger partial charge in [0.1, 0.15) is 11.0 Å². The van der Waals surface area contributed by atoms with Crippen molar-refractivity contribution in [1.29, 1.82) is 0 Å². The first-order chi connectivity index (χ1) is 9.32. The Morgan fingerprint density at radius 2 is 1.95 bits per heavy atom. The van der Waals surface area contributed by atoms with Crippen molar-refractivity contribution in [2.75, 3.05) is 13.7 Å². The minimum atomic E-state index is -4.68. The highest BCUT2D eigenvalue weighted by molar-refractivity contribution is 7.87. The number of benzene rings is 1. The van der Waals surface area contributed by atoms with Gasteiger partial charge in [0.15, 0.2) is 0 Å². The highest BCUT2D eigenvalue weighted by Crippen LogP contribution is 2.29. The summed E-state index contributed by atoms with van der Waals surface area (Å²) >= 11 is 0. The minimum Gasteiger partial charge on any atom is -0.497 e. The molecule has 0 saturated carbocycles. The van der Waals surface area contributed by atoms with Crippen LogP contribution in [-0.2, 0) is 15.0 Å². The summed E-state index contributed by atoms with van der Waals surface area (Å²) < 4.78 is 39.8. The smallest absolute Gasteiger partial charge is 0.307 e. The number of halogens is 1. The van der Waals surface area contributed by atoms with Gasteiger partial charge >= 0.3 is 10.2 Å². The van der Waals surface area contributed by atoms with Crippen molar-refractivity contribution in [2.45, 2.75) is 24.6 Å². The molecule has 1 amide bonds. The number of ether oxygens (including phenoxy) is 1. The zero-order chi connectivity index (χ0) is 14.9. The Morgan fingerprint density at radius 3 is 2.40 bits per heavy atom. The van der Waals surface area contributed by atoms with Gasteiger partial charge in [-0.1, -0.05) is 12.1 Å². The maximum Gasteiger partial charge on any atom is 0.307 e. The number of amides is 1. The second-order valence-corrected chi connectivity index (χ2v) is 6.41. The van der Waals surface area contributed by atoms with E-state index < -0.39 is 15.5 Å². The quantitative estimate of drug-likeness (QED) is 0.793. The molecule has 7 heteroatoms. The predicted molar refractivity (Wildman–Crippen MR) is 71.6 cm³/mol. The van der Waals surface area contributed by atoms with E-state index in [1.807, 2.05) is 0 Å². The molecule has 1 aromatic carbocycles. The Bertz CT molecular complexity index is 599. The van der Waals surface area contributed by atoms with Crippen LogP contribution in [0.2, 0.25) is 0 Å². The van der Waals surface area contributed by atoms with Crippen LogP contribution in [-0.4, -0.2) is 38.1 Å². The number of nitrogens with zero attached hydrogens (tertiary/aromatic N) is 1. The Balaban J connectivity index is 2.16. The first kappa shape index (κ1) is 14.8. The van der Waals surface area contributed by atoms with Crippen molar-refractivity contribution >= 4 is 16.1 Å². The van der Waals surface area contributed by atoms with E-state index in [4.69, 9.17) is 4.74 Å². The fraction of sp³-hybridized carbons (Fsp3) is 0.462. The highest BCUT2D eigenvalue weighted by atomic mass is 32.3. The van der Waals surface area contributed by atoms with E-state index in [1.54, 1.807) is 38.3 Å². The van der Waals surface area contributed by atoms with Crippen LogP contribution in [0.5, 0.6) is 5.75 Å². The van der Waals surface area contributed by atoms with Gasteiger partial charge in [-0.2, -0.15) is 8.42 Å². The molecule has 2 atom stereocenters. The molecule has 110 valence electrons. The molecule has 2 unspecified atom stereocenters. The SMILES string of the molecule is COc1ccc(C(C)N2CC(S(=O)(=O)F)CC2=O)cc1. The zero-order valence-electron chi connectivity index (χ0n) is 11.2. The lowest BCUT2D eigenvalue weighted by atomic mass is 10.1. The third kappa shape index (κ3) is 2.92. The highest BCUT2D eigenvalue weighted by Gasteiger charge is 2.40. The zero-order valence-corrected chi connectivity index (χ0v) is 12.1. The van der Waals surface area contributed by atoms with E-state index in [-0.39, 0.29) is 24.9 Å². The van der Waals surface area contributed by atoms with Gasteiger partial charge in [-0.05, 0) is 24.6 Å². The standard InChI is InChI=1S/C13H16FNO4S/c1-9(10-3-5-11(19-2)6-4-10)15-8-12(7-13(15)16)20(14,17)18/h3-6,9,12H,7-8H2,1-2H3. The fourth-order valence-corrected chi connectivity index (χ4v) is 3.00. The first-order valence-corrected chi connectivity index (χ1v) is 7.64. The van der Waals surface area contributed by atoms with Crippen LogP contribution in [0.15, 0.2) is 24.3 Å². The first-order valence-electron chi connectivity index (χ1n) is 6.20. The maximum atomic E-state index is 13.0. The molecule has 1 saturated heterocycles. The number of hydrogen-bond donors (Lipinski definition) is 0. The lowest BCUT2D eigenvalue weighted by Gasteiger charge is -2.25. The van der Waals surface area contributed by atoms with Crippen LogP contribution in [0, 0.1) is 0 Å². The Labute approximate surface area is 117 Å². The lowest BCUT2D eigenvalue weighted by Crippen LogP contribution is -2.30. The maximum absolute atomic E-state index is 13.0. The molecule has 0 spiro atoms. The van der Waals surface area contributed by atoms with Gasteiger partial charge in [-0.3, -0.25) is 4.79 Å². The van der Waals surface area contributed by atoms with Crippen molar-refractivity contribution < 1.29 is 21.8 Å². The van der Waals surface area contributed by atoms with Crippen molar-refractivity contribution in [3.63, 3.8) is 0 Å². The molecule has 0 bridgehead atoms. The average Bonchev–Trinajstić information content (AvgIpc) is 2.80. The van der Waals surface area contributed by atoms with Crippen LogP contribution in [0.1, 0.15) is 24.9 Å². The van der Waals surface area contributed by atoms with Gasteiger partial charge < -0.3 is 9.64 Å². The molecular formula is C13H16FNO4S. The van der Waals surface area contributed by atoms with Crippen LogP contribution in [0.25, 0.3) is 0 Å². The number of hydrogen-bond acceptors (Lipinski definition) is 4. The Kier molecular flexibility index (Phi) is 3.99. The summed E-state index contributed by atoms with van der Waals surface area (Å²) in [4.78, 5) is 13.2. The molecular weight excluding hydrogens is 285 g/mol. The summed E-state index contributed by atoms with van der Waals surface area (Å²) in [5, 5.41) is -1.25. The van der Waals surface area contributed by atoms with E-state index >= 15 is 0 Å². The van der Waals surface area contributed by atoms with Gasteiger partial charge in [-0.15, -0.1) is 3.89 Å². The van der Waals surface area contributed by atoms with E-state index in [9.17, 15) is 17.1 Å². The summed E-state index contributed by atoms with van der Waals surface area (Å²) in [5.41, 5.74) is 0.844. The van der Waals surface area contributed by atoms with Crippen LogP contribution in [0.4, 0.5) is 3.89 Å². The van der Waals surface area contributed by atoms with Gasteiger partial charge in [0.2, 0.25) is 5.91 Å². The number of likely N-dealkylation sites (tertiary alicyclic amines) is 1. The number of carbonyl (C=O) groups excluding carboxylic acids is 1. The average molecular weight is 301 g/mol. The molecule has 5 nitrogen and oxygen atoms in total. The molecule has 20 heavy (non-hydrogen) atoms. The molecule has 1 fully saturated rings. The predicted octanol–water partition coefficient (Wildman–Crippen LogP) is 1.66. The molecule has 0 aliphatic carbocycles. The Morgan fingerprint density at radius 1 is 1.35 bits per heavy atom. The van der Waals surface area contributed by atoms with Crippen molar-refractivity contribution in [2.24, 2.45) is 0 Å². The largest absolute Gasteiger partial charge is 0.497 e. The molecule has 1 aliphatic heterocycles. The minimum absolute atomic E-state index is 0.106. The number of rotatable bonds is 4. The topological polar surface area (TPSA) is 63.7 Å². The van der Waals surface area contributed by atoms with E-state index in [0.717, 1.165) is 5.56 Å². The molecule has 1 aromatic rings. The van der Waals surface area contributed by atoms with Gasteiger partial charge in [-0.25, -0.2) is 0 Å². The fourth-order valence-electron chi connectivity index (χ4n) is 2.32. The molecule has 0 aromatic heterocycles. The number of carbonyl (C=O) groups is 1. The lowest BCUT2D eigenvalue weighted by molar-refractivity contribution is -0.129. The van der Waals surface area contributed by atoms with E-state index in [0.29, 0.717) is 5.75 Å². The van der Waals surface area contributed by atoms with Crippen molar-refractivity contribution in [3.8, 4) is 5.75 Å². The summed E-state index contributed by atoms with van der Waals surface area (Å²) in [6.07, 6.45) is -0.292. The summed E-state index contributed by atoms with van der Waals surface area (Å²) in [6, 6.07) is 6.81. The van der Waals surface area contributed by atoms with E-state index in [1.165, 1.54) is 4.90 Å². The molecule has 0 radical (unpaired) electrons. The monoisotopic (exact) mass is 301 g/mol. The molecule has 2 rings (SSSR count). The van der Waals surface area contributed by atoms with Crippen LogP contribution >= 0.6 is 0 Å². The van der Waals surface area contributed by atoms with E-state index in [2.05, 4.69) is 0 Å². The summed E-state index contributed by atoms with van der Waals surface area (Å²) in [5.74, 6) is 0.345. The molecule has 0 N–H and O–H groups in total. The summed E-state index contributed by atoms with van der Waals surface area (Å²) in [7, 11) is -3.12. The Hall–Kier alpha value is -1.63. The van der Waals surface area contributed by atoms with Crippen molar-refractivity contribution in [1.82, 2.24) is 4.90 Å². The third-order valence-corrected chi connectivity index (χ3v) is 4.70. The normalized spacial score (nSPS) is 21.1. The summed E-state index contributed by atoms with van der Waals surface area (Å²) in [6.45, 7) is 1.68. The van der Waals surface area contributed by atoms with Crippen LogP contribution in [0.3, 0.4) is 0 Å². The van der Waals surface area contributed by atoms with Gasteiger partial charge in [0.05, 0.1) is 13.2 Å². The molecule has 1 aliphatic rings.